The Morgan fingerprint density at radius 3 is 2.57 bits per heavy atom. The van der Waals surface area contributed by atoms with E-state index in [4.69, 9.17) is 0 Å². The molecule has 0 saturated carbocycles. The van der Waals surface area contributed by atoms with Crippen LogP contribution in [0, 0.1) is 0 Å². The van der Waals surface area contributed by atoms with Gasteiger partial charge in [0.2, 0.25) is 11.8 Å². The summed E-state index contributed by atoms with van der Waals surface area (Å²) >= 11 is 0. The zero-order valence-electron chi connectivity index (χ0n) is 13.2. The number of nitrogens with zero attached hydrogens (tertiary/aromatic N) is 2. The number of carbonyl (C=O) groups is 2. The van der Waals surface area contributed by atoms with Crippen LogP contribution in [0.3, 0.4) is 0 Å². The SMILES string of the molecule is CCC1NC(=O)C(CC)N(C2CCN3CCCCC23)C1=O. The maximum atomic E-state index is 12.8. The number of rotatable bonds is 3. The number of amides is 2. The average molecular weight is 293 g/mol. The van der Waals surface area contributed by atoms with Crippen LogP contribution < -0.4 is 5.32 Å². The minimum atomic E-state index is -0.321. The maximum absolute atomic E-state index is 12.8. The lowest BCUT2D eigenvalue weighted by molar-refractivity contribution is -0.153. The van der Waals surface area contributed by atoms with E-state index in [0.29, 0.717) is 18.9 Å². The molecule has 3 aliphatic heterocycles. The summed E-state index contributed by atoms with van der Waals surface area (Å²) in [6.07, 6.45) is 6.10. The number of nitrogens with one attached hydrogen (secondary N) is 1. The zero-order chi connectivity index (χ0) is 15.0. The van der Waals surface area contributed by atoms with Gasteiger partial charge in [-0.25, -0.2) is 0 Å². The molecule has 0 radical (unpaired) electrons. The van der Waals surface area contributed by atoms with Gasteiger partial charge in [0.05, 0.1) is 0 Å². The Labute approximate surface area is 127 Å². The molecule has 3 rings (SSSR count). The molecule has 3 fully saturated rings. The van der Waals surface area contributed by atoms with Gasteiger partial charge >= 0.3 is 0 Å². The van der Waals surface area contributed by atoms with Crippen LogP contribution in [0.5, 0.6) is 0 Å². The summed E-state index contributed by atoms with van der Waals surface area (Å²) in [5.41, 5.74) is 0. The van der Waals surface area contributed by atoms with Crippen LogP contribution in [0.1, 0.15) is 52.4 Å². The van der Waals surface area contributed by atoms with Gasteiger partial charge < -0.3 is 10.2 Å². The van der Waals surface area contributed by atoms with Crippen molar-refractivity contribution in [2.75, 3.05) is 13.1 Å². The van der Waals surface area contributed by atoms with E-state index in [2.05, 4.69) is 10.2 Å². The summed E-state index contributed by atoms with van der Waals surface area (Å²) in [7, 11) is 0. The summed E-state index contributed by atoms with van der Waals surface area (Å²) in [6.45, 7) is 6.20. The summed E-state index contributed by atoms with van der Waals surface area (Å²) in [6, 6.07) is 0.119. The molecule has 5 nitrogen and oxygen atoms in total. The van der Waals surface area contributed by atoms with Gasteiger partial charge in [0.1, 0.15) is 12.1 Å². The first-order valence-electron chi connectivity index (χ1n) is 8.54. The number of piperazine rings is 1. The maximum Gasteiger partial charge on any atom is 0.246 e. The molecule has 4 unspecified atom stereocenters. The van der Waals surface area contributed by atoms with Gasteiger partial charge in [-0.05, 0) is 38.6 Å². The minimum Gasteiger partial charge on any atom is -0.343 e. The summed E-state index contributed by atoms with van der Waals surface area (Å²) < 4.78 is 0. The first kappa shape index (κ1) is 14.8. The van der Waals surface area contributed by atoms with E-state index in [1.165, 1.54) is 19.3 Å². The van der Waals surface area contributed by atoms with Crippen molar-refractivity contribution in [2.24, 2.45) is 0 Å². The molecule has 5 heteroatoms. The number of carbonyl (C=O) groups excluding carboxylic acids is 2. The standard InChI is InChI=1S/C16H27N3O2/c1-3-11-16(21)19(12(4-2)15(20)17-11)14-8-10-18-9-6-5-7-13(14)18/h11-14H,3-10H2,1-2H3,(H,17,20). The summed E-state index contributed by atoms with van der Waals surface area (Å²) in [5.74, 6) is 0.180. The Balaban J connectivity index is 1.85. The molecule has 0 bridgehead atoms. The highest BCUT2D eigenvalue weighted by atomic mass is 16.2. The number of fused-ring (bicyclic) bond motifs is 1. The predicted molar refractivity (Wildman–Crippen MR) is 80.8 cm³/mol. The van der Waals surface area contributed by atoms with Crippen LogP contribution >= 0.6 is 0 Å². The quantitative estimate of drug-likeness (QED) is 0.848. The van der Waals surface area contributed by atoms with Crippen LogP contribution in [-0.2, 0) is 9.59 Å². The second-order valence-electron chi connectivity index (χ2n) is 6.59. The Morgan fingerprint density at radius 1 is 1.05 bits per heavy atom. The lowest BCUT2D eigenvalue weighted by Gasteiger charge is -2.45. The van der Waals surface area contributed by atoms with E-state index in [0.717, 1.165) is 19.5 Å². The van der Waals surface area contributed by atoms with Crippen molar-refractivity contribution in [3.8, 4) is 0 Å². The monoisotopic (exact) mass is 293 g/mol. The minimum absolute atomic E-state index is 0.0400. The molecule has 3 saturated heterocycles. The molecule has 0 spiro atoms. The molecule has 3 heterocycles. The van der Waals surface area contributed by atoms with E-state index < -0.39 is 0 Å². The van der Waals surface area contributed by atoms with Crippen LogP contribution in [0.25, 0.3) is 0 Å². The molecular weight excluding hydrogens is 266 g/mol. The fraction of sp³-hybridized carbons (Fsp3) is 0.875. The van der Waals surface area contributed by atoms with Crippen LogP contribution in [0.15, 0.2) is 0 Å². The van der Waals surface area contributed by atoms with E-state index in [1.807, 2.05) is 18.7 Å². The first-order valence-corrected chi connectivity index (χ1v) is 8.54. The van der Waals surface area contributed by atoms with Crippen molar-refractivity contribution >= 4 is 11.8 Å². The molecule has 1 N–H and O–H groups in total. The van der Waals surface area contributed by atoms with Crippen LogP contribution in [0.4, 0.5) is 0 Å². The van der Waals surface area contributed by atoms with Crippen molar-refractivity contribution in [1.29, 1.82) is 0 Å². The molecule has 3 aliphatic rings. The molecule has 0 aromatic heterocycles. The highest BCUT2D eigenvalue weighted by Crippen LogP contribution is 2.33. The second-order valence-corrected chi connectivity index (χ2v) is 6.59. The van der Waals surface area contributed by atoms with Crippen LogP contribution in [-0.4, -0.2) is 58.9 Å². The van der Waals surface area contributed by atoms with Crippen molar-refractivity contribution in [3.63, 3.8) is 0 Å². The molecule has 2 amide bonds. The molecule has 4 atom stereocenters. The Bertz CT molecular complexity index is 426. The lowest BCUT2D eigenvalue weighted by Crippen LogP contribution is -2.67. The Morgan fingerprint density at radius 2 is 1.86 bits per heavy atom. The predicted octanol–water partition coefficient (Wildman–Crippen LogP) is 1.13. The second kappa shape index (κ2) is 5.95. The largest absolute Gasteiger partial charge is 0.343 e. The van der Waals surface area contributed by atoms with Gasteiger partial charge in [-0.3, -0.25) is 14.5 Å². The molecular formula is C16H27N3O2. The molecule has 0 aromatic carbocycles. The van der Waals surface area contributed by atoms with Crippen molar-refractivity contribution in [2.45, 2.75) is 76.5 Å². The lowest BCUT2D eigenvalue weighted by atomic mass is 9.93. The Hall–Kier alpha value is -1.10. The summed E-state index contributed by atoms with van der Waals surface area (Å²) in [5, 5.41) is 2.90. The highest BCUT2D eigenvalue weighted by Gasteiger charge is 2.48. The number of hydrogen-bond donors (Lipinski definition) is 1. The summed E-state index contributed by atoms with van der Waals surface area (Å²) in [4.78, 5) is 29.7. The van der Waals surface area contributed by atoms with Gasteiger partial charge in [-0.2, -0.15) is 0 Å². The normalized spacial score (nSPS) is 37.5. The third-order valence-electron chi connectivity index (χ3n) is 5.48. The fourth-order valence-electron chi connectivity index (χ4n) is 4.39. The van der Waals surface area contributed by atoms with Crippen molar-refractivity contribution < 1.29 is 9.59 Å². The van der Waals surface area contributed by atoms with Crippen LogP contribution in [0.2, 0.25) is 0 Å². The van der Waals surface area contributed by atoms with Gasteiger partial charge in [0.25, 0.3) is 0 Å². The van der Waals surface area contributed by atoms with E-state index in [1.54, 1.807) is 0 Å². The topological polar surface area (TPSA) is 52.7 Å². The van der Waals surface area contributed by atoms with Crippen molar-refractivity contribution in [3.05, 3.63) is 0 Å². The Kier molecular flexibility index (Phi) is 4.20. The van der Waals surface area contributed by atoms with E-state index in [9.17, 15) is 9.59 Å². The third kappa shape index (κ3) is 2.45. The van der Waals surface area contributed by atoms with Crippen molar-refractivity contribution in [1.82, 2.24) is 15.1 Å². The highest BCUT2D eigenvalue weighted by molar-refractivity contribution is 5.97. The van der Waals surface area contributed by atoms with E-state index in [-0.39, 0.29) is 29.9 Å². The smallest absolute Gasteiger partial charge is 0.246 e. The van der Waals surface area contributed by atoms with E-state index >= 15 is 0 Å². The van der Waals surface area contributed by atoms with Gasteiger partial charge in [0.15, 0.2) is 0 Å². The van der Waals surface area contributed by atoms with Gasteiger partial charge in [-0.1, -0.05) is 20.3 Å². The fourth-order valence-corrected chi connectivity index (χ4v) is 4.39. The third-order valence-corrected chi connectivity index (χ3v) is 5.48. The van der Waals surface area contributed by atoms with Gasteiger partial charge in [-0.15, -0.1) is 0 Å². The molecule has 0 aromatic rings. The zero-order valence-corrected chi connectivity index (χ0v) is 13.2. The average Bonchev–Trinajstić information content (AvgIpc) is 2.92. The first-order chi connectivity index (χ1) is 10.2. The van der Waals surface area contributed by atoms with Gasteiger partial charge in [0, 0.05) is 18.6 Å². The number of hydrogen-bond acceptors (Lipinski definition) is 3. The number of piperidine rings is 1. The molecule has 0 aliphatic carbocycles. The molecule has 118 valence electrons. The molecule has 21 heavy (non-hydrogen) atoms.